The minimum atomic E-state index is -1.43. The molecule has 0 aromatic heterocycles. The maximum Gasteiger partial charge on any atom is 0.241 e. The predicted octanol–water partition coefficient (Wildman–Crippen LogP) is 5.66. The fraction of sp³-hybridized carbons (Fsp3) is 0.750. The maximum absolute atomic E-state index is 6.25. The maximum atomic E-state index is 6.25. The van der Waals surface area contributed by atoms with E-state index >= 15 is 0 Å². The SMILES string of the molecule is CC(C)=CCCC1CCCC(O[Si](C)(C)C)=C1C. The van der Waals surface area contributed by atoms with Crippen molar-refractivity contribution in [2.24, 2.45) is 5.92 Å². The van der Waals surface area contributed by atoms with Gasteiger partial charge in [-0.3, -0.25) is 0 Å². The van der Waals surface area contributed by atoms with Crippen LogP contribution in [0.5, 0.6) is 0 Å². The fourth-order valence-electron chi connectivity index (χ4n) is 2.59. The van der Waals surface area contributed by atoms with E-state index in [0.717, 1.165) is 12.3 Å². The fourth-order valence-corrected chi connectivity index (χ4v) is 3.59. The summed E-state index contributed by atoms with van der Waals surface area (Å²) in [5.74, 6) is 2.07. The highest BCUT2D eigenvalue weighted by molar-refractivity contribution is 6.70. The van der Waals surface area contributed by atoms with Gasteiger partial charge in [-0.1, -0.05) is 11.6 Å². The molecular weight excluding hydrogens is 236 g/mol. The molecule has 1 aliphatic rings. The van der Waals surface area contributed by atoms with Crippen molar-refractivity contribution < 1.29 is 4.43 Å². The second kappa shape index (κ2) is 6.60. The number of hydrogen-bond donors (Lipinski definition) is 0. The molecule has 0 saturated heterocycles. The first kappa shape index (κ1) is 15.6. The summed E-state index contributed by atoms with van der Waals surface area (Å²) >= 11 is 0. The summed E-state index contributed by atoms with van der Waals surface area (Å²) in [4.78, 5) is 0. The van der Waals surface area contributed by atoms with Gasteiger partial charge in [-0.15, -0.1) is 0 Å². The Balaban J connectivity index is 2.64. The summed E-state index contributed by atoms with van der Waals surface area (Å²) in [5.41, 5.74) is 2.97. The highest BCUT2D eigenvalue weighted by Crippen LogP contribution is 2.34. The van der Waals surface area contributed by atoms with Crippen LogP contribution in [0.3, 0.4) is 0 Å². The van der Waals surface area contributed by atoms with Crippen LogP contribution >= 0.6 is 0 Å². The molecule has 0 bridgehead atoms. The van der Waals surface area contributed by atoms with Crippen LogP contribution in [0.25, 0.3) is 0 Å². The first-order valence-corrected chi connectivity index (χ1v) is 10.7. The smallest absolute Gasteiger partial charge is 0.241 e. The quantitative estimate of drug-likeness (QED) is 0.461. The first-order chi connectivity index (χ1) is 8.29. The second-order valence-electron chi connectivity index (χ2n) is 6.77. The zero-order valence-corrected chi connectivity index (χ0v) is 14.1. The zero-order chi connectivity index (χ0) is 13.8. The highest BCUT2D eigenvalue weighted by atomic mass is 28.4. The van der Waals surface area contributed by atoms with Crippen molar-refractivity contribution in [2.75, 3.05) is 0 Å². The van der Waals surface area contributed by atoms with Gasteiger partial charge in [-0.05, 0) is 77.6 Å². The van der Waals surface area contributed by atoms with E-state index in [-0.39, 0.29) is 0 Å². The monoisotopic (exact) mass is 266 g/mol. The van der Waals surface area contributed by atoms with Gasteiger partial charge in [0, 0.05) is 6.42 Å². The van der Waals surface area contributed by atoms with Crippen molar-refractivity contribution in [2.45, 2.75) is 72.5 Å². The number of allylic oxidation sites excluding steroid dienone is 4. The van der Waals surface area contributed by atoms with Crippen LogP contribution in [0, 0.1) is 5.92 Å². The lowest BCUT2D eigenvalue weighted by Gasteiger charge is -2.31. The van der Waals surface area contributed by atoms with Crippen molar-refractivity contribution in [3.8, 4) is 0 Å². The summed E-state index contributed by atoms with van der Waals surface area (Å²) in [5, 5.41) is 0. The standard InChI is InChI=1S/C16H30OSi/c1-13(2)9-7-10-15-11-8-12-16(14(15)3)17-18(4,5)6/h9,15H,7-8,10-12H2,1-6H3. The molecule has 1 rings (SSSR count). The summed E-state index contributed by atoms with van der Waals surface area (Å²) < 4.78 is 6.25. The Hall–Kier alpha value is -0.503. The molecule has 2 heteroatoms. The van der Waals surface area contributed by atoms with Crippen molar-refractivity contribution in [3.63, 3.8) is 0 Å². The first-order valence-electron chi connectivity index (χ1n) is 7.31. The molecule has 1 unspecified atom stereocenters. The van der Waals surface area contributed by atoms with Crippen molar-refractivity contribution in [1.29, 1.82) is 0 Å². The average Bonchev–Trinajstić information content (AvgIpc) is 2.21. The molecule has 0 amide bonds. The third-order valence-electron chi connectivity index (χ3n) is 3.51. The third-order valence-corrected chi connectivity index (χ3v) is 4.36. The lowest BCUT2D eigenvalue weighted by atomic mass is 9.84. The minimum Gasteiger partial charge on any atom is -0.547 e. The molecule has 0 aromatic carbocycles. The van der Waals surface area contributed by atoms with E-state index in [1.54, 1.807) is 0 Å². The molecule has 0 radical (unpaired) electrons. The predicted molar refractivity (Wildman–Crippen MR) is 83.1 cm³/mol. The molecule has 18 heavy (non-hydrogen) atoms. The van der Waals surface area contributed by atoms with Gasteiger partial charge in [0.25, 0.3) is 0 Å². The van der Waals surface area contributed by atoms with Gasteiger partial charge in [-0.2, -0.15) is 0 Å². The normalized spacial score (nSPS) is 20.9. The van der Waals surface area contributed by atoms with Gasteiger partial charge in [0.15, 0.2) is 0 Å². The molecule has 0 N–H and O–H groups in total. The Labute approximate surface area is 114 Å². The van der Waals surface area contributed by atoms with Gasteiger partial charge in [0.1, 0.15) is 0 Å². The van der Waals surface area contributed by atoms with Crippen LogP contribution in [0.15, 0.2) is 23.0 Å². The van der Waals surface area contributed by atoms with Crippen molar-refractivity contribution in [1.82, 2.24) is 0 Å². The number of rotatable bonds is 5. The van der Waals surface area contributed by atoms with Gasteiger partial charge >= 0.3 is 0 Å². The van der Waals surface area contributed by atoms with E-state index in [2.05, 4.69) is 46.5 Å². The molecule has 0 spiro atoms. The van der Waals surface area contributed by atoms with Gasteiger partial charge in [0.2, 0.25) is 8.32 Å². The minimum absolute atomic E-state index is 0.751. The van der Waals surface area contributed by atoms with E-state index < -0.39 is 8.32 Å². The Morgan fingerprint density at radius 3 is 2.56 bits per heavy atom. The third kappa shape index (κ3) is 5.43. The lowest BCUT2D eigenvalue weighted by Crippen LogP contribution is -2.27. The van der Waals surface area contributed by atoms with E-state index in [9.17, 15) is 0 Å². The molecule has 0 aromatic rings. The second-order valence-corrected chi connectivity index (χ2v) is 11.2. The molecular formula is C16H30OSi. The van der Waals surface area contributed by atoms with Gasteiger partial charge in [-0.25, -0.2) is 0 Å². The van der Waals surface area contributed by atoms with E-state index in [0.29, 0.717) is 0 Å². The van der Waals surface area contributed by atoms with Crippen molar-refractivity contribution >= 4 is 8.32 Å². The van der Waals surface area contributed by atoms with Crippen molar-refractivity contribution in [3.05, 3.63) is 23.0 Å². The van der Waals surface area contributed by atoms with Crippen LogP contribution in [-0.4, -0.2) is 8.32 Å². The summed E-state index contributed by atoms with van der Waals surface area (Å²) in [6.45, 7) is 13.5. The molecule has 0 heterocycles. The number of hydrogen-bond acceptors (Lipinski definition) is 1. The van der Waals surface area contributed by atoms with E-state index in [4.69, 9.17) is 4.43 Å². The largest absolute Gasteiger partial charge is 0.547 e. The highest BCUT2D eigenvalue weighted by Gasteiger charge is 2.24. The van der Waals surface area contributed by atoms with E-state index in [1.807, 2.05) is 0 Å². The Morgan fingerprint density at radius 2 is 2.00 bits per heavy atom. The molecule has 1 nitrogen and oxygen atoms in total. The summed E-state index contributed by atoms with van der Waals surface area (Å²) in [6.07, 6.45) is 8.67. The van der Waals surface area contributed by atoms with Crippen LogP contribution in [0.2, 0.25) is 19.6 Å². The summed E-state index contributed by atoms with van der Waals surface area (Å²) in [6, 6.07) is 0. The van der Waals surface area contributed by atoms with Crippen LogP contribution in [0.4, 0.5) is 0 Å². The molecule has 0 aliphatic heterocycles. The molecule has 0 saturated carbocycles. The van der Waals surface area contributed by atoms with Crippen LogP contribution in [0.1, 0.15) is 52.9 Å². The van der Waals surface area contributed by atoms with E-state index in [1.165, 1.54) is 42.6 Å². The molecule has 1 aliphatic carbocycles. The zero-order valence-electron chi connectivity index (χ0n) is 13.1. The topological polar surface area (TPSA) is 9.23 Å². The van der Waals surface area contributed by atoms with Gasteiger partial charge < -0.3 is 4.43 Å². The Morgan fingerprint density at radius 1 is 1.33 bits per heavy atom. The van der Waals surface area contributed by atoms with Crippen LogP contribution < -0.4 is 0 Å². The van der Waals surface area contributed by atoms with Crippen LogP contribution in [-0.2, 0) is 4.43 Å². The molecule has 104 valence electrons. The lowest BCUT2D eigenvalue weighted by molar-refractivity contribution is 0.337. The molecule has 0 fully saturated rings. The Bertz CT molecular complexity index is 329. The van der Waals surface area contributed by atoms with Gasteiger partial charge in [0.05, 0.1) is 5.76 Å². The molecule has 1 atom stereocenters. The summed E-state index contributed by atoms with van der Waals surface area (Å²) in [7, 11) is -1.43. The Kier molecular flexibility index (Phi) is 5.70. The average molecular weight is 267 g/mol.